The Hall–Kier alpha value is -2.02. The van der Waals surface area contributed by atoms with Gasteiger partial charge in [0.1, 0.15) is 5.58 Å². The molecule has 20 heavy (non-hydrogen) atoms. The van der Waals surface area contributed by atoms with Crippen LogP contribution in [-0.4, -0.2) is 0 Å². The predicted octanol–water partition coefficient (Wildman–Crippen LogP) is 5.77. The van der Waals surface area contributed by atoms with E-state index in [2.05, 4.69) is 50.2 Å². The molecule has 3 aromatic rings. The molecule has 0 amide bonds. The summed E-state index contributed by atoms with van der Waals surface area (Å²) >= 11 is 0. The second kappa shape index (κ2) is 4.52. The van der Waals surface area contributed by atoms with Gasteiger partial charge in [0.05, 0.1) is 6.26 Å². The fourth-order valence-corrected chi connectivity index (χ4v) is 3.22. The van der Waals surface area contributed by atoms with E-state index in [4.69, 9.17) is 4.42 Å². The fourth-order valence-electron chi connectivity index (χ4n) is 3.22. The van der Waals surface area contributed by atoms with Gasteiger partial charge in [-0.05, 0) is 22.8 Å². The first-order chi connectivity index (χ1) is 9.69. The maximum Gasteiger partial charge on any atom is 0.134 e. The van der Waals surface area contributed by atoms with Gasteiger partial charge in [-0.1, -0.05) is 64.1 Å². The molecule has 0 saturated heterocycles. The zero-order chi connectivity index (χ0) is 14.3. The van der Waals surface area contributed by atoms with E-state index in [9.17, 15) is 0 Å². The molecule has 1 heteroatoms. The van der Waals surface area contributed by atoms with Gasteiger partial charge in [0.15, 0.2) is 0 Å². The number of fused-ring (bicyclic) bond motifs is 2. The van der Waals surface area contributed by atoms with Crippen LogP contribution in [0.5, 0.6) is 0 Å². The largest absolute Gasteiger partial charge is 0.464 e. The van der Waals surface area contributed by atoms with Crippen molar-refractivity contribution in [1.29, 1.82) is 0 Å². The molecule has 2 aromatic carbocycles. The molecule has 0 unspecified atom stereocenters. The predicted molar refractivity (Wildman–Crippen MR) is 85.1 cm³/mol. The molecule has 0 radical (unpaired) electrons. The van der Waals surface area contributed by atoms with Crippen LogP contribution in [0.3, 0.4) is 0 Å². The van der Waals surface area contributed by atoms with Crippen molar-refractivity contribution in [2.45, 2.75) is 33.1 Å². The first-order valence-electron chi connectivity index (χ1n) is 7.30. The minimum Gasteiger partial charge on any atom is -0.464 e. The zero-order valence-electron chi connectivity index (χ0n) is 12.5. The maximum atomic E-state index is 5.71. The van der Waals surface area contributed by atoms with Gasteiger partial charge in [0, 0.05) is 16.4 Å². The summed E-state index contributed by atoms with van der Waals surface area (Å²) in [6.45, 7) is 8.58. The molecule has 0 spiro atoms. The van der Waals surface area contributed by atoms with E-state index in [1.807, 2.05) is 26.2 Å². The summed E-state index contributed by atoms with van der Waals surface area (Å²) in [6.07, 6.45) is 1.89. The van der Waals surface area contributed by atoms with Gasteiger partial charge < -0.3 is 4.42 Å². The molecule has 102 valence electrons. The van der Waals surface area contributed by atoms with Crippen LogP contribution in [0.1, 0.15) is 38.8 Å². The van der Waals surface area contributed by atoms with Crippen LogP contribution in [0.15, 0.2) is 53.1 Å². The average molecular weight is 264 g/mol. The highest BCUT2D eigenvalue weighted by Gasteiger charge is 2.34. The molecular formula is C19H20O. The summed E-state index contributed by atoms with van der Waals surface area (Å²) in [5.41, 5.74) is 6.31. The number of furan rings is 1. The second-order valence-corrected chi connectivity index (χ2v) is 5.50. The quantitative estimate of drug-likeness (QED) is 0.502. The van der Waals surface area contributed by atoms with Crippen LogP contribution in [0, 0.1) is 0 Å². The first-order valence-corrected chi connectivity index (χ1v) is 7.30. The van der Waals surface area contributed by atoms with Gasteiger partial charge in [0.2, 0.25) is 0 Å². The Balaban J connectivity index is 0.000000581. The van der Waals surface area contributed by atoms with E-state index in [0.29, 0.717) is 0 Å². The molecule has 1 heterocycles. The molecule has 0 bridgehead atoms. The van der Waals surface area contributed by atoms with Crippen molar-refractivity contribution >= 4 is 11.0 Å². The van der Waals surface area contributed by atoms with Crippen LogP contribution in [-0.2, 0) is 5.41 Å². The third-order valence-corrected chi connectivity index (χ3v) is 4.16. The van der Waals surface area contributed by atoms with Crippen molar-refractivity contribution in [3.05, 3.63) is 59.9 Å². The normalized spacial score (nSPS) is 14.4. The summed E-state index contributed by atoms with van der Waals surface area (Å²) in [6, 6.07) is 15.0. The first kappa shape index (κ1) is 13.0. The molecule has 1 nitrogen and oxygen atoms in total. The van der Waals surface area contributed by atoms with Crippen LogP contribution in [0.4, 0.5) is 0 Å². The van der Waals surface area contributed by atoms with Crippen molar-refractivity contribution < 1.29 is 4.42 Å². The summed E-state index contributed by atoms with van der Waals surface area (Å²) in [4.78, 5) is 0. The Labute approximate surface area is 120 Å². The fraction of sp³-hybridized carbons (Fsp3) is 0.263. The third kappa shape index (κ3) is 1.56. The highest BCUT2D eigenvalue weighted by Crippen LogP contribution is 2.48. The minimum atomic E-state index is 0.0347. The van der Waals surface area contributed by atoms with Crippen LogP contribution in [0.2, 0.25) is 0 Å². The Morgan fingerprint density at radius 3 is 2.30 bits per heavy atom. The molecule has 1 aromatic heterocycles. The number of rotatable bonds is 0. The topological polar surface area (TPSA) is 13.1 Å². The van der Waals surface area contributed by atoms with Gasteiger partial charge in [-0.2, -0.15) is 0 Å². The van der Waals surface area contributed by atoms with Gasteiger partial charge in [0.25, 0.3) is 0 Å². The van der Waals surface area contributed by atoms with E-state index < -0.39 is 0 Å². The zero-order valence-corrected chi connectivity index (χ0v) is 12.5. The Morgan fingerprint density at radius 2 is 1.50 bits per heavy atom. The number of hydrogen-bond acceptors (Lipinski definition) is 1. The maximum absolute atomic E-state index is 5.71. The molecule has 0 N–H and O–H groups in total. The van der Waals surface area contributed by atoms with Crippen molar-refractivity contribution in [3.8, 4) is 11.1 Å². The second-order valence-electron chi connectivity index (χ2n) is 5.50. The van der Waals surface area contributed by atoms with Crippen molar-refractivity contribution in [3.63, 3.8) is 0 Å². The van der Waals surface area contributed by atoms with E-state index in [1.54, 1.807) is 0 Å². The Morgan fingerprint density at radius 1 is 0.800 bits per heavy atom. The molecule has 0 aliphatic heterocycles. The van der Waals surface area contributed by atoms with E-state index in [-0.39, 0.29) is 5.41 Å². The van der Waals surface area contributed by atoms with Gasteiger partial charge in [-0.15, -0.1) is 0 Å². The van der Waals surface area contributed by atoms with Crippen LogP contribution < -0.4 is 0 Å². The molecular weight excluding hydrogens is 244 g/mol. The molecule has 1 aliphatic carbocycles. The van der Waals surface area contributed by atoms with Crippen molar-refractivity contribution in [2.75, 3.05) is 0 Å². The van der Waals surface area contributed by atoms with E-state index in [0.717, 1.165) is 5.58 Å². The monoisotopic (exact) mass is 264 g/mol. The smallest absolute Gasteiger partial charge is 0.134 e. The summed E-state index contributed by atoms with van der Waals surface area (Å²) < 4.78 is 5.71. The van der Waals surface area contributed by atoms with Gasteiger partial charge >= 0.3 is 0 Å². The van der Waals surface area contributed by atoms with Crippen molar-refractivity contribution in [1.82, 2.24) is 0 Å². The third-order valence-electron chi connectivity index (χ3n) is 4.16. The number of benzene rings is 2. The lowest BCUT2D eigenvalue weighted by molar-refractivity contribution is 0.616. The van der Waals surface area contributed by atoms with Gasteiger partial charge in [-0.25, -0.2) is 0 Å². The molecule has 4 rings (SSSR count). The molecule has 1 aliphatic rings. The summed E-state index contributed by atoms with van der Waals surface area (Å²) in [5.74, 6) is 0. The number of hydrogen-bond donors (Lipinski definition) is 0. The average Bonchev–Trinajstić information content (AvgIpc) is 2.92. The summed E-state index contributed by atoms with van der Waals surface area (Å²) in [7, 11) is 0. The van der Waals surface area contributed by atoms with E-state index >= 15 is 0 Å². The molecule has 0 fully saturated rings. The SMILES string of the molecule is CC.CC1(C)c2ccccc2-c2coc3cccc1c23. The highest BCUT2D eigenvalue weighted by atomic mass is 16.3. The minimum absolute atomic E-state index is 0.0347. The van der Waals surface area contributed by atoms with Crippen LogP contribution in [0.25, 0.3) is 22.1 Å². The lowest BCUT2D eigenvalue weighted by Gasteiger charge is -2.32. The van der Waals surface area contributed by atoms with E-state index in [1.165, 1.54) is 27.6 Å². The van der Waals surface area contributed by atoms with Gasteiger partial charge in [-0.3, -0.25) is 0 Å². The lowest BCUT2D eigenvalue weighted by atomic mass is 9.70. The lowest BCUT2D eigenvalue weighted by Crippen LogP contribution is -2.22. The summed E-state index contributed by atoms with van der Waals surface area (Å²) in [5, 5.41) is 1.28. The molecule has 0 atom stereocenters. The Bertz CT molecular complexity index is 762. The highest BCUT2D eigenvalue weighted by molar-refractivity contribution is 6.01. The Kier molecular flexibility index (Phi) is 2.93. The molecule has 0 saturated carbocycles. The van der Waals surface area contributed by atoms with Crippen LogP contribution >= 0.6 is 0 Å². The van der Waals surface area contributed by atoms with Crippen molar-refractivity contribution in [2.24, 2.45) is 0 Å². The standard InChI is InChI=1S/C17H14O.C2H6/c1-17(2)13-7-4-3-6-11(13)12-10-18-15-9-5-8-14(17)16(12)15;1-2/h3-10H,1-2H3;1-2H3.